The Morgan fingerprint density at radius 1 is 1.42 bits per heavy atom. The van der Waals surface area contributed by atoms with Crippen LogP contribution in [-0.2, 0) is 9.53 Å². The number of nitrogens with one attached hydrogen (secondary N) is 1. The summed E-state index contributed by atoms with van der Waals surface area (Å²) in [6, 6.07) is 12.0. The van der Waals surface area contributed by atoms with Crippen molar-refractivity contribution in [2.45, 2.75) is 25.9 Å². The van der Waals surface area contributed by atoms with Crippen LogP contribution in [0.25, 0.3) is 11.7 Å². The minimum absolute atomic E-state index is 0.0184. The second kappa shape index (κ2) is 9.86. The predicted molar refractivity (Wildman–Crippen MR) is 123 cm³/mol. The Morgan fingerprint density at radius 3 is 3.00 bits per heavy atom. The maximum atomic E-state index is 13.2. The Hall–Kier alpha value is -3.67. The lowest BCUT2D eigenvalue weighted by Gasteiger charge is -2.12. The van der Waals surface area contributed by atoms with Gasteiger partial charge in [-0.05, 0) is 61.7 Å². The summed E-state index contributed by atoms with van der Waals surface area (Å²) in [5, 5.41) is 12.9. The summed E-state index contributed by atoms with van der Waals surface area (Å²) in [6.45, 7) is 2.77. The third-order valence-corrected chi connectivity index (χ3v) is 5.67. The maximum absolute atomic E-state index is 13.2. The number of pyridine rings is 1. The van der Waals surface area contributed by atoms with Gasteiger partial charge in [0.05, 0.1) is 6.10 Å². The number of nitrogens with zero attached hydrogens (tertiary/aromatic N) is 3. The number of halogens is 1. The first-order chi connectivity index (χ1) is 16.0. The fourth-order valence-electron chi connectivity index (χ4n) is 3.48. The van der Waals surface area contributed by atoms with E-state index in [9.17, 15) is 14.9 Å². The van der Waals surface area contributed by atoms with Crippen LogP contribution < -0.4 is 15.6 Å². The summed E-state index contributed by atoms with van der Waals surface area (Å²) in [5.41, 5.74) is 0.424. The molecule has 1 aliphatic rings. The summed E-state index contributed by atoms with van der Waals surface area (Å²) >= 11 is 6.09. The van der Waals surface area contributed by atoms with Gasteiger partial charge in [0.2, 0.25) is 5.88 Å². The van der Waals surface area contributed by atoms with Crippen LogP contribution in [0, 0.1) is 18.3 Å². The molecule has 33 heavy (non-hydrogen) atoms. The van der Waals surface area contributed by atoms with Crippen molar-refractivity contribution in [3.8, 4) is 17.7 Å². The number of carbonyl (C=O) groups excluding carboxylic acids is 1. The molecule has 0 radical (unpaired) electrons. The molecule has 0 spiro atoms. The van der Waals surface area contributed by atoms with Crippen molar-refractivity contribution in [2.24, 2.45) is 0 Å². The number of benzene rings is 1. The molecule has 3 aromatic rings. The Kier molecular flexibility index (Phi) is 6.73. The van der Waals surface area contributed by atoms with E-state index in [-0.39, 0.29) is 23.1 Å². The van der Waals surface area contributed by atoms with Crippen LogP contribution in [0.4, 0.5) is 0 Å². The zero-order chi connectivity index (χ0) is 23.4. The summed E-state index contributed by atoms with van der Waals surface area (Å²) in [4.78, 5) is 30.3. The van der Waals surface area contributed by atoms with E-state index in [2.05, 4.69) is 10.3 Å². The third-order valence-electron chi connectivity index (χ3n) is 5.25. The van der Waals surface area contributed by atoms with Gasteiger partial charge in [0, 0.05) is 24.4 Å². The zero-order valence-corrected chi connectivity index (χ0v) is 18.6. The number of aryl methyl sites for hydroxylation is 1. The van der Waals surface area contributed by atoms with Gasteiger partial charge in [-0.15, -0.1) is 0 Å². The summed E-state index contributed by atoms with van der Waals surface area (Å²) in [7, 11) is 0. The van der Waals surface area contributed by atoms with Gasteiger partial charge in [0.1, 0.15) is 28.6 Å². The average molecular weight is 465 g/mol. The van der Waals surface area contributed by atoms with Crippen molar-refractivity contribution in [3.63, 3.8) is 0 Å². The molecule has 4 rings (SSSR count). The number of aromatic nitrogens is 2. The van der Waals surface area contributed by atoms with Crippen LogP contribution >= 0.6 is 11.6 Å². The molecule has 9 heteroatoms. The molecule has 0 bridgehead atoms. The molecule has 8 nitrogen and oxygen atoms in total. The first-order valence-electron chi connectivity index (χ1n) is 10.4. The number of carbonyl (C=O) groups is 1. The lowest BCUT2D eigenvalue weighted by atomic mass is 10.1. The third kappa shape index (κ3) is 5.06. The molecule has 1 aromatic carbocycles. The number of hydrogen-bond acceptors (Lipinski definition) is 6. The van der Waals surface area contributed by atoms with Crippen molar-refractivity contribution in [2.75, 3.05) is 13.2 Å². The predicted octanol–water partition coefficient (Wildman–Crippen LogP) is 3.65. The number of amides is 1. The van der Waals surface area contributed by atoms with Crippen molar-refractivity contribution in [3.05, 3.63) is 74.7 Å². The molecular weight excluding hydrogens is 444 g/mol. The van der Waals surface area contributed by atoms with Crippen LogP contribution in [0.3, 0.4) is 0 Å². The van der Waals surface area contributed by atoms with Crippen LogP contribution in [-0.4, -0.2) is 34.5 Å². The Balaban J connectivity index is 1.73. The van der Waals surface area contributed by atoms with Crippen LogP contribution in [0.5, 0.6) is 11.6 Å². The molecule has 1 N–H and O–H groups in total. The van der Waals surface area contributed by atoms with Gasteiger partial charge in [-0.25, -0.2) is 0 Å². The minimum Gasteiger partial charge on any atom is -0.438 e. The van der Waals surface area contributed by atoms with Crippen LogP contribution in [0.2, 0.25) is 5.02 Å². The number of rotatable bonds is 6. The van der Waals surface area contributed by atoms with E-state index >= 15 is 0 Å². The van der Waals surface area contributed by atoms with Crippen LogP contribution in [0.15, 0.2) is 53.0 Å². The Bertz CT molecular complexity index is 1340. The number of fused-ring (bicyclic) bond motifs is 1. The largest absolute Gasteiger partial charge is 0.438 e. The van der Waals surface area contributed by atoms with Crippen molar-refractivity contribution in [1.82, 2.24) is 14.7 Å². The van der Waals surface area contributed by atoms with Crippen LogP contribution in [0.1, 0.15) is 24.0 Å². The van der Waals surface area contributed by atoms with Crippen molar-refractivity contribution < 1.29 is 14.3 Å². The van der Waals surface area contributed by atoms with Crippen molar-refractivity contribution >= 4 is 29.2 Å². The molecule has 1 fully saturated rings. The fourth-order valence-corrected chi connectivity index (χ4v) is 3.59. The number of hydrogen-bond donors (Lipinski definition) is 1. The molecule has 0 aliphatic carbocycles. The molecule has 3 heterocycles. The normalized spacial score (nSPS) is 15.9. The van der Waals surface area contributed by atoms with E-state index in [4.69, 9.17) is 21.1 Å². The molecule has 1 atom stereocenters. The van der Waals surface area contributed by atoms with E-state index in [1.165, 1.54) is 10.5 Å². The molecule has 1 unspecified atom stereocenters. The van der Waals surface area contributed by atoms with Gasteiger partial charge in [-0.2, -0.15) is 10.2 Å². The number of nitriles is 1. The minimum atomic E-state index is -0.598. The first kappa shape index (κ1) is 22.5. The highest BCUT2D eigenvalue weighted by Crippen LogP contribution is 2.27. The molecule has 168 valence electrons. The summed E-state index contributed by atoms with van der Waals surface area (Å²) < 4.78 is 12.7. The van der Waals surface area contributed by atoms with E-state index in [0.717, 1.165) is 18.4 Å². The maximum Gasteiger partial charge on any atom is 0.269 e. The highest BCUT2D eigenvalue weighted by atomic mass is 35.5. The van der Waals surface area contributed by atoms with Gasteiger partial charge in [-0.1, -0.05) is 17.7 Å². The summed E-state index contributed by atoms with van der Waals surface area (Å²) in [6.07, 6.45) is 4.47. The fraction of sp³-hybridized carbons (Fsp3) is 0.250. The second-order valence-electron chi connectivity index (χ2n) is 7.59. The monoisotopic (exact) mass is 464 g/mol. The molecule has 1 aliphatic heterocycles. The number of ether oxygens (including phenoxy) is 2. The van der Waals surface area contributed by atoms with Gasteiger partial charge < -0.3 is 14.8 Å². The first-order valence-corrected chi connectivity index (χ1v) is 10.8. The van der Waals surface area contributed by atoms with E-state index in [1.54, 1.807) is 42.6 Å². The topological polar surface area (TPSA) is 106 Å². The molecule has 0 saturated carbocycles. The molecule has 1 amide bonds. The van der Waals surface area contributed by atoms with Gasteiger partial charge in [-0.3, -0.25) is 14.0 Å². The standard InChI is InChI=1S/C24H21ClN4O4/c1-15-11-17(7-8-20(15)25)33-23-19(24(31)29-9-3-2-6-21(29)28-23)12-16(13-26)22(30)27-14-18-5-4-10-32-18/h2-3,6-9,11-12,18H,4-5,10,14H2,1H3,(H,27,30)/b16-12+. The lowest BCUT2D eigenvalue weighted by Crippen LogP contribution is -2.32. The smallest absolute Gasteiger partial charge is 0.269 e. The second-order valence-corrected chi connectivity index (χ2v) is 8.00. The SMILES string of the molecule is Cc1cc(Oc2nc3ccccn3c(=O)c2/C=C(\C#N)C(=O)NCC2CCCO2)ccc1Cl. The lowest BCUT2D eigenvalue weighted by molar-refractivity contribution is -0.117. The van der Waals surface area contributed by atoms with E-state index in [0.29, 0.717) is 29.6 Å². The van der Waals surface area contributed by atoms with Crippen molar-refractivity contribution in [1.29, 1.82) is 5.26 Å². The molecule has 1 saturated heterocycles. The molecule has 2 aromatic heterocycles. The van der Waals surface area contributed by atoms with Gasteiger partial charge >= 0.3 is 0 Å². The average Bonchev–Trinajstić information content (AvgIpc) is 3.34. The van der Waals surface area contributed by atoms with E-state index in [1.807, 2.05) is 13.0 Å². The summed E-state index contributed by atoms with van der Waals surface area (Å²) in [5.74, 6) is -0.202. The van der Waals surface area contributed by atoms with E-state index < -0.39 is 11.5 Å². The highest BCUT2D eigenvalue weighted by molar-refractivity contribution is 6.31. The zero-order valence-electron chi connectivity index (χ0n) is 17.9. The van der Waals surface area contributed by atoms with Gasteiger partial charge in [0.25, 0.3) is 11.5 Å². The quantitative estimate of drug-likeness (QED) is 0.441. The van der Waals surface area contributed by atoms with Gasteiger partial charge in [0.15, 0.2) is 0 Å². The Labute approximate surface area is 195 Å². The molecular formula is C24H21ClN4O4. The highest BCUT2D eigenvalue weighted by Gasteiger charge is 2.20. The Morgan fingerprint density at radius 2 is 2.27 bits per heavy atom.